The molecule has 4 rings (SSSR count). The molecule has 1 saturated heterocycles. The van der Waals surface area contributed by atoms with Gasteiger partial charge in [-0.15, -0.1) is 17.0 Å². The van der Waals surface area contributed by atoms with Crippen LogP contribution in [0.3, 0.4) is 0 Å². The first-order chi connectivity index (χ1) is 16.0. The molecule has 4 nitrogen and oxygen atoms in total. The monoisotopic (exact) mass is 599 g/mol. The second kappa shape index (κ2) is 12.3. The molecular weight excluding hydrogens is 572 g/mol. The Labute approximate surface area is 218 Å². The van der Waals surface area contributed by atoms with Crippen LogP contribution in [0.4, 0.5) is 8.78 Å². The van der Waals surface area contributed by atoms with Gasteiger partial charge in [0.05, 0.1) is 19.3 Å². The summed E-state index contributed by atoms with van der Waals surface area (Å²) in [5, 5.41) is 0. The molecule has 2 aromatic rings. The fourth-order valence-corrected chi connectivity index (χ4v) is 5.37. The second-order valence-electron chi connectivity index (χ2n) is 8.47. The molecule has 34 heavy (non-hydrogen) atoms. The van der Waals surface area contributed by atoms with Gasteiger partial charge in [0, 0.05) is 24.1 Å². The van der Waals surface area contributed by atoms with Crippen LogP contribution in [0.5, 0.6) is 5.75 Å². The molecule has 0 spiro atoms. The number of alkyl halides is 1. The van der Waals surface area contributed by atoms with Crippen molar-refractivity contribution in [2.45, 2.75) is 38.2 Å². The Morgan fingerprint density at radius 3 is 2.65 bits per heavy atom. The van der Waals surface area contributed by atoms with Crippen LogP contribution in [0.2, 0.25) is 0 Å². The van der Waals surface area contributed by atoms with E-state index in [9.17, 15) is 9.18 Å². The lowest BCUT2D eigenvalue weighted by atomic mass is 9.92. The average Bonchev–Trinajstić information content (AvgIpc) is 3.19. The zero-order chi connectivity index (χ0) is 23.4. The quantitative estimate of drug-likeness (QED) is 0.340. The number of nitrogens with zero attached hydrogens (tertiary/aromatic N) is 1. The largest absolute Gasteiger partial charge is 0.489 e. The Hall–Kier alpha value is -1.77. The van der Waals surface area contributed by atoms with Crippen LogP contribution in [0, 0.1) is 5.82 Å². The fraction of sp³-hybridized carbons (Fsp3) is 0.423. The van der Waals surface area contributed by atoms with Gasteiger partial charge in [0.1, 0.15) is 17.7 Å². The van der Waals surface area contributed by atoms with E-state index >= 15 is 4.39 Å². The molecule has 1 aliphatic heterocycles. The summed E-state index contributed by atoms with van der Waals surface area (Å²) < 4.78 is 39.5. The highest BCUT2D eigenvalue weighted by Gasteiger charge is 2.26. The summed E-state index contributed by atoms with van der Waals surface area (Å²) in [5.74, 6) is -0.382. The molecule has 2 aliphatic rings. The number of hydrogen-bond acceptors (Lipinski definition) is 4. The molecule has 0 unspecified atom stereocenters. The standard InChI is InChI=1S/C26H28BrF2NO3.BrH/c1-32-26(31)22-11-10-20-21(25(22)29)4-2-5-23(27)24(20)17-6-8-18(9-7-17)33-19-12-15-30(16-19)14-3-13-28;/h6-11,19H,2-5,12-16H2,1H3;1H/t19-;/m0./s1. The molecule has 1 aliphatic carbocycles. The summed E-state index contributed by atoms with van der Waals surface area (Å²) in [4.78, 5) is 14.2. The summed E-state index contributed by atoms with van der Waals surface area (Å²) in [5.41, 5.74) is 3.19. The number of methoxy groups -OCH3 is 1. The Balaban J connectivity index is 0.00000324. The highest BCUT2D eigenvalue weighted by molar-refractivity contribution is 9.11. The van der Waals surface area contributed by atoms with Gasteiger partial charge in [0.25, 0.3) is 0 Å². The second-order valence-corrected chi connectivity index (χ2v) is 9.43. The first-order valence-electron chi connectivity index (χ1n) is 11.4. The van der Waals surface area contributed by atoms with Crippen molar-refractivity contribution in [3.8, 4) is 5.75 Å². The number of fused-ring (bicyclic) bond motifs is 1. The van der Waals surface area contributed by atoms with Gasteiger partial charge in [-0.2, -0.15) is 0 Å². The Bertz CT molecular complexity index is 1040. The molecule has 0 radical (unpaired) electrons. The summed E-state index contributed by atoms with van der Waals surface area (Å²) in [7, 11) is 1.26. The number of esters is 1. The number of likely N-dealkylation sites (tertiary alicyclic amines) is 1. The number of carbonyl (C=O) groups is 1. The molecule has 1 fully saturated rings. The Kier molecular flexibility index (Phi) is 9.68. The van der Waals surface area contributed by atoms with E-state index in [1.807, 2.05) is 30.3 Å². The first-order valence-corrected chi connectivity index (χ1v) is 12.1. The molecule has 1 heterocycles. The minimum atomic E-state index is -0.666. The number of carbonyl (C=O) groups excluding carboxylic acids is 1. The van der Waals surface area contributed by atoms with Gasteiger partial charge in [-0.25, -0.2) is 9.18 Å². The van der Waals surface area contributed by atoms with Crippen molar-refractivity contribution in [3.63, 3.8) is 0 Å². The summed E-state index contributed by atoms with van der Waals surface area (Å²) in [6.45, 7) is 2.23. The third kappa shape index (κ3) is 5.89. The lowest BCUT2D eigenvalue weighted by Gasteiger charge is -2.18. The third-order valence-corrected chi connectivity index (χ3v) is 7.09. The van der Waals surface area contributed by atoms with Gasteiger partial charge in [0.15, 0.2) is 0 Å². The van der Waals surface area contributed by atoms with Crippen LogP contribution in [0.1, 0.15) is 52.7 Å². The van der Waals surface area contributed by atoms with E-state index in [1.165, 1.54) is 13.2 Å². The molecule has 0 N–H and O–H groups in total. The average molecular weight is 601 g/mol. The van der Waals surface area contributed by atoms with Crippen molar-refractivity contribution in [3.05, 3.63) is 69.0 Å². The van der Waals surface area contributed by atoms with Gasteiger partial charge in [-0.1, -0.05) is 34.1 Å². The summed E-state index contributed by atoms with van der Waals surface area (Å²) in [6.07, 6.45) is 3.71. The van der Waals surface area contributed by atoms with Crippen LogP contribution in [0.15, 0.2) is 40.9 Å². The van der Waals surface area contributed by atoms with Gasteiger partial charge in [-0.05, 0) is 72.6 Å². The van der Waals surface area contributed by atoms with Crippen molar-refractivity contribution in [1.29, 1.82) is 0 Å². The van der Waals surface area contributed by atoms with E-state index in [-0.39, 0.29) is 35.3 Å². The maximum absolute atomic E-state index is 15.2. The van der Waals surface area contributed by atoms with E-state index in [0.29, 0.717) is 18.4 Å². The zero-order valence-corrected chi connectivity index (χ0v) is 22.4. The van der Waals surface area contributed by atoms with Crippen molar-refractivity contribution >= 4 is 44.5 Å². The zero-order valence-electron chi connectivity index (χ0n) is 19.1. The van der Waals surface area contributed by atoms with Crippen LogP contribution < -0.4 is 4.74 Å². The smallest absolute Gasteiger partial charge is 0.340 e. The van der Waals surface area contributed by atoms with E-state index < -0.39 is 11.8 Å². The molecule has 0 aromatic heterocycles. The number of rotatable bonds is 7. The van der Waals surface area contributed by atoms with Crippen LogP contribution >= 0.6 is 32.9 Å². The molecule has 0 bridgehead atoms. The summed E-state index contributed by atoms with van der Waals surface area (Å²) >= 11 is 3.72. The van der Waals surface area contributed by atoms with Crippen molar-refractivity contribution < 1.29 is 23.0 Å². The lowest BCUT2D eigenvalue weighted by Crippen LogP contribution is -2.26. The predicted molar refractivity (Wildman–Crippen MR) is 138 cm³/mol. The first kappa shape index (κ1) is 26.8. The highest BCUT2D eigenvalue weighted by Crippen LogP contribution is 2.39. The normalized spacial score (nSPS) is 18.2. The van der Waals surface area contributed by atoms with Crippen LogP contribution in [-0.4, -0.2) is 50.4 Å². The van der Waals surface area contributed by atoms with Crippen molar-refractivity contribution in [1.82, 2.24) is 4.90 Å². The number of ether oxygens (including phenoxy) is 2. The van der Waals surface area contributed by atoms with Crippen molar-refractivity contribution in [2.75, 3.05) is 33.4 Å². The number of allylic oxidation sites excluding steroid dienone is 1. The highest BCUT2D eigenvalue weighted by atomic mass is 79.9. The molecule has 1 atom stereocenters. The maximum Gasteiger partial charge on any atom is 0.340 e. The van der Waals surface area contributed by atoms with E-state index in [4.69, 9.17) is 9.47 Å². The van der Waals surface area contributed by atoms with Crippen LogP contribution in [0.25, 0.3) is 5.57 Å². The predicted octanol–water partition coefficient (Wildman–Crippen LogP) is 6.49. The topological polar surface area (TPSA) is 38.8 Å². The maximum atomic E-state index is 15.2. The van der Waals surface area contributed by atoms with E-state index in [1.54, 1.807) is 0 Å². The SMILES string of the molecule is Br.COC(=O)c1ccc2c(c1F)CCCC(Br)=C2c1ccc(O[C@H]2CCN(CCCF)C2)cc1. The molecule has 184 valence electrons. The molecule has 2 aromatic carbocycles. The molecular formula is C26H29Br2F2NO3. The molecule has 0 saturated carbocycles. The number of hydrogen-bond donors (Lipinski definition) is 0. The lowest BCUT2D eigenvalue weighted by molar-refractivity contribution is 0.0595. The van der Waals surface area contributed by atoms with E-state index in [0.717, 1.165) is 65.8 Å². The minimum absolute atomic E-state index is 0. The number of halogens is 4. The van der Waals surface area contributed by atoms with Gasteiger partial charge >= 0.3 is 5.97 Å². The Morgan fingerprint density at radius 1 is 1.18 bits per heavy atom. The van der Waals surface area contributed by atoms with Gasteiger partial charge in [0.2, 0.25) is 0 Å². The van der Waals surface area contributed by atoms with Gasteiger partial charge in [-0.3, -0.25) is 9.29 Å². The fourth-order valence-electron chi connectivity index (χ4n) is 4.64. The molecule has 0 amide bonds. The van der Waals surface area contributed by atoms with Crippen LogP contribution in [-0.2, 0) is 11.2 Å². The third-order valence-electron chi connectivity index (χ3n) is 6.30. The van der Waals surface area contributed by atoms with Gasteiger partial charge < -0.3 is 9.47 Å². The molecule has 8 heteroatoms. The minimum Gasteiger partial charge on any atom is -0.489 e. The van der Waals surface area contributed by atoms with E-state index in [2.05, 4.69) is 20.8 Å². The van der Waals surface area contributed by atoms with Crippen molar-refractivity contribution in [2.24, 2.45) is 0 Å². The Morgan fingerprint density at radius 2 is 1.94 bits per heavy atom. The number of benzene rings is 2. The summed E-state index contributed by atoms with van der Waals surface area (Å²) in [6, 6.07) is 11.2.